The molecule has 10 heteroatoms. The van der Waals surface area contributed by atoms with Gasteiger partial charge in [-0.3, -0.25) is 9.59 Å². The highest BCUT2D eigenvalue weighted by molar-refractivity contribution is 5.96. The van der Waals surface area contributed by atoms with Crippen LogP contribution in [0, 0.1) is 0 Å². The second-order valence-electron chi connectivity index (χ2n) is 4.95. The van der Waals surface area contributed by atoms with Crippen molar-refractivity contribution in [3.05, 3.63) is 50.6 Å². The fraction of sp³-hybridized carbons (Fsp3) is 0.368. The normalized spacial score (nSPS) is 12.7. The summed E-state index contributed by atoms with van der Waals surface area (Å²) in [5, 5.41) is 27.3. The summed E-state index contributed by atoms with van der Waals surface area (Å²) in [5.74, 6) is -2.71. The Kier molecular flexibility index (Phi) is 16.8. The minimum absolute atomic E-state index is 0.153. The fourth-order valence-electron chi connectivity index (χ4n) is 1.37. The van der Waals surface area contributed by atoms with E-state index in [2.05, 4.69) is 35.8 Å². The van der Waals surface area contributed by atoms with Crippen LogP contribution in [-0.4, -0.2) is 83.6 Å². The minimum Gasteiger partial charge on any atom is -0.460 e. The van der Waals surface area contributed by atoms with Gasteiger partial charge in [-0.15, -0.1) is 0 Å². The van der Waals surface area contributed by atoms with Crippen LogP contribution in [0.1, 0.15) is 0 Å². The van der Waals surface area contributed by atoms with E-state index in [9.17, 15) is 19.2 Å². The van der Waals surface area contributed by atoms with Gasteiger partial charge in [-0.2, -0.15) is 0 Å². The van der Waals surface area contributed by atoms with Crippen LogP contribution in [0.15, 0.2) is 50.6 Å². The monoisotopic (exact) mass is 414 g/mol. The first-order valence-corrected chi connectivity index (χ1v) is 8.19. The van der Waals surface area contributed by atoms with Crippen molar-refractivity contribution in [3.63, 3.8) is 0 Å². The third-order valence-electron chi connectivity index (χ3n) is 2.91. The van der Waals surface area contributed by atoms with Crippen LogP contribution in [0.25, 0.3) is 0 Å². The molecule has 0 aromatic heterocycles. The molecule has 0 heterocycles. The maximum Gasteiger partial charge on any atom is 0.330 e. The van der Waals surface area contributed by atoms with E-state index >= 15 is 0 Å². The molecule has 2 atom stereocenters. The quantitative estimate of drug-likeness (QED) is 0.184. The Labute approximate surface area is 168 Å². The van der Waals surface area contributed by atoms with Crippen molar-refractivity contribution < 1.29 is 48.7 Å². The lowest BCUT2D eigenvalue weighted by atomic mass is 10.0. The Morgan fingerprint density at radius 1 is 0.655 bits per heavy atom. The fourth-order valence-corrected chi connectivity index (χ4v) is 1.37. The van der Waals surface area contributed by atoms with Crippen LogP contribution in [0.5, 0.6) is 0 Å². The van der Waals surface area contributed by atoms with E-state index in [0.29, 0.717) is 0 Å². The van der Waals surface area contributed by atoms with E-state index in [1.54, 1.807) is 0 Å². The molecule has 0 aliphatic rings. The topological polar surface area (TPSA) is 157 Å². The number of aliphatic hydroxyl groups is 3. The molecular weight excluding hydrogens is 388 g/mol. The summed E-state index contributed by atoms with van der Waals surface area (Å²) in [5.41, 5.74) is 0. The first-order chi connectivity index (χ1) is 13.7. The van der Waals surface area contributed by atoms with Gasteiger partial charge in [0, 0.05) is 12.2 Å². The van der Waals surface area contributed by atoms with Gasteiger partial charge in [-0.05, 0) is 12.2 Å². The number of esters is 2. The minimum atomic E-state index is -1.87. The van der Waals surface area contributed by atoms with Crippen LogP contribution in [-0.2, 0) is 33.4 Å². The third-order valence-corrected chi connectivity index (χ3v) is 2.91. The zero-order valence-electron chi connectivity index (χ0n) is 15.9. The number of rotatable bonds is 14. The number of ketones is 2. The molecule has 0 aromatic rings. The lowest BCUT2D eigenvalue weighted by Crippen LogP contribution is -2.44. The van der Waals surface area contributed by atoms with Gasteiger partial charge in [-0.1, -0.05) is 26.3 Å². The molecule has 3 N–H and O–H groups in total. The summed E-state index contributed by atoms with van der Waals surface area (Å²) in [6, 6.07) is 0. The summed E-state index contributed by atoms with van der Waals surface area (Å²) in [6.45, 7) is 13.4. The van der Waals surface area contributed by atoms with Gasteiger partial charge in [0.1, 0.15) is 31.5 Å². The van der Waals surface area contributed by atoms with Crippen LogP contribution < -0.4 is 0 Å². The molecule has 10 nitrogen and oxygen atoms in total. The summed E-state index contributed by atoms with van der Waals surface area (Å²) < 4.78 is 14.3. The van der Waals surface area contributed by atoms with Crippen LogP contribution in [0.2, 0.25) is 0 Å². The molecule has 0 spiro atoms. The zero-order chi connectivity index (χ0) is 22.8. The standard InChI is InChI=1S/C10H14O5.C9H12O5/c1-3-9(11)14-7-5-13-6-8-15-10(12)4-2;1-3-5(10)7(12)9(14)8(13)6(11)4-2/h3-4H,1-2,5-8H2;3-4,7-9,12-14H,1-2H2. The van der Waals surface area contributed by atoms with Crippen molar-refractivity contribution in [3.8, 4) is 0 Å². The highest BCUT2D eigenvalue weighted by atomic mass is 16.6. The second-order valence-corrected chi connectivity index (χ2v) is 4.95. The van der Waals surface area contributed by atoms with Gasteiger partial charge < -0.3 is 29.5 Å². The van der Waals surface area contributed by atoms with Crippen molar-refractivity contribution in [1.29, 1.82) is 0 Å². The van der Waals surface area contributed by atoms with Crippen LogP contribution in [0.3, 0.4) is 0 Å². The average molecular weight is 414 g/mol. The Bertz CT molecular complexity index is 546. The largest absolute Gasteiger partial charge is 0.460 e. The van der Waals surface area contributed by atoms with Crippen molar-refractivity contribution >= 4 is 23.5 Å². The third kappa shape index (κ3) is 13.8. The predicted molar refractivity (Wildman–Crippen MR) is 102 cm³/mol. The van der Waals surface area contributed by atoms with Gasteiger partial charge in [0.2, 0.25) is 0 Å². The van der Waals surface area contributed by atoms with Crippen LogP contribution >= 0.6 is 0 Å². The van der Waals surface area contributed by atoms with Gasteiger partial charge in [0.15, 0.2) is 11.6 Å². The number of hydrogen-bond donors (Lipinski definition) is 3. The predicted octanol–water partition coefficient (Wildman–Crippen LogP) is -0.959. The number of aliphatic hydroxyl groups excluding tert-OH is 3. The van der Waals surface area contributed by atoms with E-state index in [0.717, 1.165) is 24.3 Å². The van der Waals surface area contributed by atoms with Crippen molar-refractivity contribution in [1.82, 2.24) is 0 Å². The molecule has 0 aromatic carbocycles. The number of hydrogen-bond acceptors (Lipinski definition) is 10. The van der Waals surface area contributed by atoms with Crippen molar-refractivity contribution in [2.75, 3.05) is 26.4 Å². The van der Waals surface area contributed by atoms with Gasteiger partial charge in [-0.25, -0.2) is 9.59 Å². The zero-order valence-corrected chi connectivity index (χ0v) is 15.9. The van der Waals surface area contributed by atoms with E-state index in [-0.39, 0.29) is 26.4 Å². The Morgan fingerprint density at radius 3 is 1.28 bits per heavy atom. The first-order valence-electron chi connectivity index (χ1n) is 8.19. The maximum absolute atomic E-state index is 10.8. The Morgan fingerprint density at radius 2 is 1.00 bits per heavy atom. The molecule has 0 amide bonds. The molecule has 0 aliphatic carbocycles. The van der Waals surface area contributed by atoms with E-state index in [1.807, 2.05) is 0 Å². The Balaban J connectivity index is 0. The molecule has 0 saturated carbocycles. The molecule has 0 bridgehead atoms. The first kappa shape index (κ1) is 28.3. The Hall–Kier alpha value is -2.92. The summed E-state index contributed by atoms with van der Waals surface area (Å²) >= 11 is 0. The molecule has 0 fully saturated rings. The van der Waals surface area contributed by atoms with Gasteiger partial charge in [0.05, 0.1) is 13.2 Å². The van der Waals surface area contributed by atoms with E-state index < -0.39 is 41.8 Å². The summed E-state index contributed by atoms with van der Waals surface area (Å²) in [7, 11) is 0. The van der Waals surface area contributed by atoms with Gasteiger partial charge >= 0.3 is 11.9 Å². The highest BCUT2D eigenvalue weighted by Crippen LogP contribution is 2.03. The summed E-state index contributed by atoms with van der Waals surface area (Å²) in [4.78, 5) is 42.7. The molecule has 0 radical (unpaired) electrons. The maximum atomic E-state index is 10.8. The molecule has 0 rings (SSSR count). The smallest absolute Gasteiger partial charge is 0.330 e. The molecular formula is C19H26O10. The molecule has 2 unspecified atom stereocenters. The van der Waals surface area contributed by atoms with E-state index in [1.165, 1.54) is 0 Å². The lowest BCUT2D eigenvalue weighted by Gasteiger charge is -2.18. The van der Waals surface area contributed by atoms with E-state index in [4.69, 9.17) is 20.1 Å². The summed E-state index contributed by atoms with van der Waals surface area (Å²) in [6.07, 6.45) is -1.85. The second kappa shape index (κ2) is 17.2. The number of carbonyl (C=O) groups excluding carboxylic acids is 4. The number of ether oxygens (including phenoxy) is 3. The SMILES string of the molecule is C=CC(=O)C(O)C(O)C(O)C(=O)C=C.C=CC(=O)OCCOCCOC(=O)C=C. The molecule has 162 valence electrons. The number of carbonyl (C=O) groups is 4. The molecule has 29 heavy (non-hydrogen) atoms. The molecule has 0 saturated heterocycles. The van der Waals surface area contributed by atoms with Crippen molar-refractivity contribution in [2.24, 2.45) is 0 Å². The van der Waals surface area contributed by atoms with Crippen LogP contribution in [0.4, 0.5) is 0 Å². The average Bonchev–Trinajstić information content (AvgIpc) is 2.75. The highest BCUT2D eigenvalue weighted by Gasteiger charge is 2.31. The lowest BCUT2D eigenvalue weighted by molar-refractivity contribution is -0.142. The molecule has 0 aliphatic heterocycles. The van der Waals surface area contributed by atoms with Crippen molar-refractivity contribution in [2.45, 2.75) is 18.3 Å². The van der Waals surface area contributed by atoms with Gasteiger partial charge in [0.25, 0.3) is 0 Å².